The van der Waals surface area contributed by atoms with E-state index in [-0.39, 0.29) is 17.3 Å². The van der Waals surface area contributed by atoms with Crippen molar-refractivity contribution >= 4 is 23.6 Å². The molecule has 0 bridgehead atoms. The van der Waals surface area contributed by atoms with Gasteiger partial charge in [0.2, 0.25) is 11.6 Å². The van der Waals surface area contributed by atoms with Crippen LogP contribution in [0.15, 0.2) is 34.0 Å². The van der Waals surface area contributed by atoms with E-state index in [4.69, 9.17) is 5.73 Å². The first-order chi connectivity index (χ1) is 15.0. The average Bonchev–Trinajstić information content (AvgIpc) is 3.50. The van der Waals surface area contributed by atoms with E-state index in [1.165, 1.54) is 4.68 Å². The Morgan fingerprint density at radius 2 is 2.00 bits per heavy atom. The topological polar surface area (TPSA) is 144 Å². The molecule has 0 saturated carbocycles. The van der Waals surface area contributed by atoms with Crippen LogP contribution in [0.1, 0.15) is 34.6 Å². The number of hydrazone groups is 1. The van der Waals surface area contributed by atoms with E-state index in [1.54, 1.807) is 6.21 Å². The van der Waals surface area contributed by atoms with Crippen molar-refractivity contribution in [2.75, 3.05) is 37.8 Å². The third-order valence-corrected chi connectivity index (χ3v) is 5.01. The minimum Gasteiger partial charge on any atom is -0.378 e. The standard InChI is InChI=1S/C19H24N10O2/c1-27(2)14-7-5-13(6-8-14)11-21-23-19(30)16-15(12-28-9-3-4-10-28)22-26-29(16)18-17(20)24-31-25-18/h5-8,11H,3-4,9-10,12H2,1-2H3,(H2,20,24)(H,23,30)/b21-11+. The number of aromatic nitrogens is 5. The Kier molecular flexibility index (Phi) is 5.89. The van der Waals surface area contributed by atoms with Gasteiger partial charge >= 0.3 is 0 Å². The van der Waals surface area contributed by atoms with Crippen LogP contribution in [0.25, 0.3) is 5.82 Å². The lowest BCUT2D eigenvalue weighted by Gasteiger charge is -2.13. The highest BCUT2D eigenvalue weighted by Gasteiger charge is 2.26. The third kappa shape index (κ3) is 4.53. The molecular weight excluding hydrogens is 400 g/mol. The Bertz CT molecular complexity index is 1060. The lowest BCUT2D eigenvalue weighted by molar-refractivity contribution is 0.0945. The van der Waals surface area contributed by atoms with Gasteiger partial charge in [-0.05, 0) is 53.9 Å². The first-order valence-electron chi connectivity index (χ1n) is 9.89. The van der Waals surface area contributed by atoms with Gasteiger partial charge in [0.05, 0.1) is 6.21 Å². The molecule has 162 valence electrons. The number of hydrogen-bond acceptors (Lipinski definition) is 10. The zero-order valence-electron chi connectivity index (χ0n) is 17.4. The van der Waals surface area contributed by atoms with Gasteiger partial charge in [-0.25, -0.2) is 10.1 Å². The molecular formula is C19H24N10O2. The second-order valence-electron chi connectivity index (χ2n) is 7.44. The molecule has 0 spiro atoms. The number of carbonyl (C=O) groups is 1. The minimum absolute atomic E-state index is 0.0103. The van der Waals surface area contributed by atoms with Crippen molar-refractivity contribution in [3.05, 3.63) is 41.2 Å². The SMILES string of the molecule is CN(C)c1ccc(/C=N/NC(=O)c2c(CN3CCCC3)nnn2-c2nonc2N)cc1. The maximum atomic E-state index is 13.0. The van der Waals surface area contributed by atoms with E-state index in [0.29, 0.717) is 12.2 Å². The zero-order valence-corrected chi connectivity index (χ0v) is 17.4. The van der Waals surface area contributed by atoms with Gasteiger partial charge in [-0.15, -0.1) is 5.10 Å². The molecule has 31 heavy (non-hydrogen) atoms. The summed E-state index contributed by atoms with van der Waals surface area (Å²) in [6.07, 6.45) is 3.80. The van der Waals surface area contributed by atoms with Crippen molar-refractivity contribution in [2.24, 2.45) is 5.10 Å². The van der Waals surface area contributed by atoms with Crippen molar-refractivity contribution < 1.29 is 9.42 Å². The van der Waals surface area contributed by atoms with Crippen molar-refractivity contribution in [1.82, 2.24) is 35.6 Å². The predicted molar refractivity (Wildman–Crippen MR) is 114 cm³/mol. The lowest BCUT2D eigenvalue weighted by atomic mass is 10.2. The number of hydrogen-bond donors (Lipinski definition) is 2. The first-order valence-corrected chi connectivity index (χ1v) is 9.89. The Morgan fingerprint density at radius 3 is 2.65 bits per heavy atom. The predicted octanol–water partition coefficient (Wildman–Crippen LogP) is 0.658. The molecule has 0 atom stereocenters. The van der Waals surface area contributed by atoms with Gasteiger partial charge < -0.3 is 10.6 Å². The van der Waals surface area contributed by atoms with Crippen LogP contribution in [0.4, 0.5) is 11.5 Å². The number of carbonyl (C=O) groups excluding carboxylic acids is 1. The fourth-order valence-corrected chi connectivity index (χ4v) is 3.36. The second kappa shape index (κ2) is 8.92. The Morgan fingerprint density at radius 1 is 1.26 bits per heavy atom. The minimum atomic E-state index is -0.484. The van der Waals surface area contributed by atoms with Gasteiger partial charge in [-0.2, -0.15) is 9.78 Å². The monoisotopic (exact) mass is 424 g/mol. The first kappa shape index (κ1) is 20.5. The number of amides is 1. The van der Waals surface area contributed by atoms with Crippen LogP contribution in [0.2, 0.25) is 0 Å². The van der Waals surface area contributed by atoms with Crippen LogP contribution < -0.4 is 16.1 Å². The summed E-state index contributed by atoms with van der Waals surface area (Å²) in [6, 6.07) is 7.77. The maximum absolute atomic E-state index is 13.0. The molecule has 0 unspecified atom stereocenters. The molecule has 3 heterocycles. The highest BCUT2D eigenvalue weighted by molar-refractivity contribution is 5.95. The second-order valence-corrected chi connectivity index (χ2v) is 7.44. The Balaban J connectivity index is 1.55. The normalized spacial score (nSPS) is 14.4. The van der Waals surface area contributed by atoms with Gasteiger partial charge in [0.1, 0.15) is 5.69 Å². The summed E-state index contributed by atoms with van der Waals surface area (Å²) in [5.74, 6) is -0.368. The van der Waals surface area contributed by atoms with Gasteiger partial charge in [0, 0.05) is 26.3 Å². The molecule has 12 heteroatoms. The molecule has 1 aliphatic rings. The summed E-state index contributed by atoms with van der Waals surface area (Å²) >= 11 is 0. The van der Waals surface area contributed by atoms with E-state index in [1.807, 2.05) is 43.3 Å². The van der Waals surface area contributed by atoms with Crippen molar-refractivity contribution in [2.45, 2.75) is 19.4 Å². The van der Waals surface area contributed by atoms with Crippen molar-refractivity contribution in [1.29, 1.82) is 0 Å². The molecule has 1 saturated heterocycles. The molecule has 1 amide bonds. The van der Waals surface area contributed by atoms with Gasteiger partial charge in [0.15, 0.2) is 5.69 Å². The summed E-state index contributed by atoms with van der Waals surface area (Å²) in [5, 5.41) is 19.6. The van der Waals surface area contributed by atoms with Crippen LogP contribution in [-0.4, -0.2) is 69.5 Å². The molecule has 1 aliphatic heterocycles. The van der Waals surface area contributed by atoms with E-state index >= 15 is 0 Å². The Hall–Kier alpha value is -3.80. The van der Waals surface area contributed by atoms with E-state index in [9.17, 15) is 4.79 Å². The molecule has 1 aromatic carbocycles. The summed E-state index contributed by atoms with van der Waals surface area (Å²) < 4.78 is 5.88. The lowest BCUT2D eigenvalue weighted by Crippen LogP contribution is -2.26. The highest BCUT2D eigenvalue weighted by Crippen LogP contribution is 2.19. The number of likely N-dealkylation sites (tertiary alicyclic amines) is 1. The summed E-state index contributed by atoms with van der Waals surface area (Å²) in [5.41, 5.74) is 10.9. The molecule has 1 fully saturated rings. The molecule has 3 N–H and O–H groups in total. The van der Waals surface area contributed by atoms with Crippen LogP contribution >= 0.6 is 0 Å². The number of nitrogens with two attached hydrogens (primary N) is 1. The molecule has 4 rings (SSSR count). The van der Waals surface area contributed by atoms with Crippen molar-refractivity contribution in [3.63, 3.8) is 0 Å². The van der Waals surface area contributed by atoms with E-state index in [0.717, 1.165) is 37.2 Å². The van der Waals surface area contributed by atoms with Crippen LogP contribution in [0.3, 0.4) is 0 Å². The average molecular weight is 424 g/mol. The molecule has 0 aliphatic carbocycles. The number of rotatable bonds is 7. The van der Waals surface area contributed by atoms with E-state index in [2.05, 4.69) is 40.7 Å². The highest BCUT2D eigenvalue weighted by atomic mass is 16.6. The fourth-order valence-electron chi connectivity index (χ4n) is 3.36. The molecule has 3 aromatic rings. The van der Waals surface area contributed by atoms with Crippen molar-refractivity contribution in [3.8, 4) is 5.82 Å². The number of nitrogens with zero attached hydrogens (tertiary/aromatic N) is 8. The summed E-state index contributed by atoms with van der Waals surface area (Å²) in [4.78, 5) is 17.2. The van der Waals surface area contributed by atoms with Gasteiger partial charge in [0.25, 0.3) is 5.91 Å². The smallest absolute Gasteiger partial charge is 0.292 e. The van der Waals surface area contributed by atoms with Crippen LogP contribution in [-0.2, 0) is 6.54 Å². The molecule has 0 radical (unpaired) electrons. The number of benzene rings is 1. The third-order valence-electron chi connectivity index (χ3n) is 5.01. The van der Waals surface area contributed by atoms with Crippen LogP contribution in [0.5, 0.6) is 0 Å². The van der Waals surface area contributed by atoms with E-state index < -0.39 is 5.91 Å². The fraction of sp³-hybridized carbons (Fsp3) is 0.368. The largest absolute Gasteiger partial charge is 0.378 e. The number of nitrogens with one attached hydrogen (secondary N) is 1. The van der Waals surface area contributed by atoms with Crippen LogP contribution in [0, 0.1) is 0 Å². The number of nitrogen functional groups attached to an aromatic ring is 1. The maximum Gasteiger partial charge on any atom is 0.292 e. The number of anilines is 2. The summed E-state index contributed by atoms with van der Waals surface area (Å²) in [6.45, 7) is 2.38. The van der Waals surface area contributed by atoms with Gasteiger partial charge in [-0.1, -0.05) is 17.3 Å². The Labute approximate surface area is 178 Å². The molecule has 12 nitrogen and oxygen atoms in total. The van der Waals surface area contributed by atoms with Gasteiger partial charge in [-0.3, -0.25) is 9.69 Å². The zero-order chi connectivity index (χ0) is 21.8. The molecule has 2 aromatic heterocycles. The quantitative estimate of drug-likeness (QED) is 0.413. The summed E-state index contributed by atoms with van der Waals surface area (Å²) in [7, 11) is 3.94.